The molecule has 0 aliphatic carbocycles. The Morgan fingerprint density at radius 2 is 2.06 bits per heavy atom. The maximum Gasteiger partial charge on any atom is 0.407 e. The summed E-state index contributed by atoms with van der Waals surface area (Å²) in [6, 6.07) is 0. The molecule has 1 heterocycles. The second-order valence-electron chi connectivity index (χ2n) is 5.05. The van der Waals surface area contributed by atoms with Gasteiger partial charge in [0.25, 0.3) is 0 Å². The lowest BCUT2D eigenvalue weighted by Gasteiger charge is -2.20. The molecular formula is C11H19NO5. The summed E-state index contributed by atoms with van der Waals surface area (Å²) >= 11 is 0. The number of alkyl carbamates (subject to hydrolysis) is 1. The summed E-state index contributed by atoms with van der Waals surface area (Å²) in [7, 11) is 0. The molecule has 1 fully saturated rings. The summed E-state index contributed by atoms with van der Waals surface area (Å²) in [4.78, 5) is 22.0. The first-order chi connectivity index (χ1) is 7.78. The number of carbonyl (C=O) groups excluding carboxylic acids is 1. The molecular weight excluding hydrogens is 226 g/mol. The van der Waals surface area contributed by atoms with Crippen LogP contribution in [0.2, 0.25) is 0 Å². The van der Waals surface area contributed by atoms with Gasteiger partial charge >= 0.3 is 12.1 Å². The largest absolute Gasteiger partial charge is 0.479 e. The van der Waals surface area contributed by atoms with Crippen LogP contribution < -0.4 is 5.32 Å². The molecule has 1 aliphatic rings. The van der Waals surface area contributed by atoms with E-state index in [4.69, 9.17) is 14.6 Å². The molecule has 0 aromatic carbocycles. The molecule has 0 spiro atoms. The highest BCUT2D eigenvalue weighted by atomic mass is 16.6. The summed E-state index contributed by atoms with van der Waals surface area (Å²) in [5, 5.41) is 11.3. The summed E-state index contributed by atoms with van der Waals surface area (Å²) in [6.07, 6.45) is -0.396. The normalized spacial score (nSPS) is 24.4. The maximum absolute atomic E-state index is 11.3. The number of rotatable bonds is 3. The Bertz CT molecular complexity index is 297. The minimum atomic E-state index is -0.954. The van der Waals surface area contributed by atoms with Crippen LogP contribution >= 0.6 is 0 Å². The molecule has 0 aromatic heterocycles. The highest BCUT2D eigenvalue weighted by molar-refractivity contribution is 5.72. The summed E-state index contributed by atoms with van der Waals surface area (Å²) in [6.45, 7) is 5.61. The molecule has 98 valence electrons. The molecule has 2 N–H and O–H groups in total. The van der Waals surface area contributed by atoms with E-state index in [1.807, 2.05) is 0 Å². The van der Waals surface area contributed by atoms with E-state index in [0.717, 1.165) is 0 Å². The molecule has 1 aliphatic heterocycles. The number of carbonyl (C=O) groups is 2. The van der Waals surface area contributed by atoms with Gasteiger partial charge in [-0.2, -0.15) is 0 Å². The van der Waals surface area contributed by atoms with Gasteiger partial charge in [0.15, 0.2) is 6.10 Å². The van der Waals surface area contributed by atoms with Gasteiger partial charge in [0.1, 0.15) is 5.60 Å². The first kappa shape index (κ1) is 13.8. The molecule has 6 heteroatoms. The fraction of sp³-hybridized carbons (Fsp3) is 0.818. The maximum atomic E-state index is 11.3. The number of hydrogen-bond acceptors (Lipinski definition) is 4. The van der Waals surface area contributed by atoms with Crippen LogP contribution in [0.4, 0.5) is 4.79 Å². The highest BCUT2D eigenvalue weighted by Gasteiger charge is 2.30. The Kier molecular flexibility index (Phi) is 4.34. The van der Waals surface area contributed by atoms with E-state index in [1.54, 1.807) is 20.8 Å². The standard InChI is InChI=1S/C11H19NO5/c1-11(2,3)17-10(15)12-6-7-4-5-8(16-7)9(13)14/h7-8H,4-6H2,1-3H3,(H,12,15)(H,13,14)/t7-,8-/m1/s1. The van der Waals surface area contributed by atoms with E-state index in [-0.39, 0.29) is 12.6 Å². The van der Waals surface area contributed by atoms with Crippen molar-refractivity contribution < 1.29 is 24.2 Å². The SMILES string of the molecule is CC(C)(C)OC(=O)NC[C@H]1CC[C@H](C(=O)O)O1. The van der Waals surface area contributed by atoms with Crippen molar-refractivity contribution in [1.29, 1.82) is 0 Å². The third kappa shape index (κ3) is 5.04. The van der Waals surface area contributed by atoms with Gasteiger partial charge in [-0.05, 0) is 33.6 Å². The lowest BCUT2D eigenvalue weighted by atomic mass is 10.2. The minimum Gasteiger partial charge on any atom is -0.479 e. The Hall–Kier alpha value is -1.30. The zero-order chi connectivity index (χ0) is 13.1. The summed E-state index contributed by atoms with van der Waals surface area (Å²) < 4.78 is 10.3. The molecule has 0 aromatic rings. The quantitative estimate of drug-likeness (QED) is 0.779. The van der Waals surface area contributed by atoms with E-state index < -0.39 is 23.8 Å². The van der Waals surface area contributed by atoms with E-state index in [2.05, 4.69) is 5.32 Å². The third-order valence-electron chi connectivity index (χ3n) is 2.26. The highest BCUT2D eigenvalue weighted by Crippen LogP contribution is 2.19. The van der Waals surface area contributed by atoms with Crippen molar-refractivity contribution in [3.63, 3.8) is 0 Å². The predicted octanol–water partition coefficient (Wildman–Crippen LogP) is 1.14. The third-order valence-corrected chi connectivity index (χ3v) is 2.26. The van der Waals surface area contributed by atoms with Crippen molar-refractivity contribution in [2.75, 3.05) is 6.54 Å². The number of carboxylic acids is 1. The van der Waals surface area contributed by atoms with Gasteiger partial charge in [-0.1, -0.05) is 0 Å². The van der Waals surface area contributed by atoms with Gasteiger partial charge in [-0.25, -0.2) is 9.59 Å². The average Bonchev–Trinajstić information content (AvgIpc) is 2.60. The van der Waals surface area contributed by atoms with Gasteiger partial charge in [0.2, 0.25) is 0 Å². The van der Waals surface area contributed by atoms with Crippen LogP contribution in [-0.2, 0) is 14.3 Å². The fourth-order valence-corrected chi connectivity index (χ4v) is 1.55. The zero-order valence-corrected chi connectivity index (χ0v) is 10.4. The predicted molar refractivity (Wildman–Crippen MR) is 59.8 cm³/mol. The first-order valence-electron chi connectivity index (χ1n) is 5.63. The topological polar surface area (TPSA) is 84.9 Å². The van der Waals surface area contributed by atoms with Crippen molar-refractivity contribution in [2.45, 2.75) is 51.4 Å². The van der Waals surface area contributed by atoms with Crippen LogP contribution in [0.1, 0.15) is 33.6 Å². The van der Waals surface area contributed by atoms with Crippen molar-refractivity contribution in [2.24, 2.45) is 0 Å². The van der Waals surface area contributed by atoms with Crippen LogP contribution in [0.25, 0.3) is 0 Å². The molecule has 17 heavy (non-hydrogen) atoms. The second-order valence-corrected chi connectivity index (χ2v) is 5.05. The summed E-state index contributed by atoms with van der Waals surface area (Å²) in [5.41, 5.74) is -0.537. The Balaban J connectivity index is 2.24. The van der Waals surface area contributed by atoms with Crippen molar-refractivity contribution in [3.05, 3.63) is 0 Å². The number of carboxylic acid groups (broad SMARTS) is 1. The lowest BCUT2D eigenvalue weighted by Crippen LogP contribution is -2.37. The van der Waals surface area contributed by atoms with E-state index >= 15 is 0 Å². The molecule has 0 radical (unpaired) electrons. The number of aliphatic carboxylic acids is 1. The van der Waals surface area contributed by atoms with Crippen LogP contribution in [-0.4, -0.2) is 41.5 Å². The molecule has 6 nitrogen and oxygen atoms in total. The van der Waals surface area contributed by atoms with Crippen LogP contribution in [0, 0.1) is 0 Å². The van der Waals surface area contributed by atoms with E-state index in [9.17, 15) is 9.59 Å². The smallest absolute Gasteiger partial charge is 0.407 e. The average molecular weight is 245 g/mol. The fourth-order valence-electron chi connectivity index (χ4n) is 1.55. The number of amides is 1. The van der Waals surface area contributed by atoms with Gasteiger partial charge in [0, 0.05) is 6.54 Å². The molecule has 1 rings (SSSR count). The van der Waals surface area contributed by atoms with Gasteiger partial charge in [0.05, 0.1) is 6.10 Å². The number of nitrogens with one attached hydrogen (secondary N) is 1. The summed E-state index contributed by atoms with van der Waals surface area (Å²) in [5.74, 6) is -0.954. The second kappa shape index (κ2) is 5.35. The van der Waals surface area contributed by atoms with Gasteiger partial charge in [-0.3, -0.25) is 0 Å². The van der Waals surface area contributed by atoms with Gasteiger partial charge < -0.3 is 19.9 Å². The van der Waals surface area contributed by atoms with Crippen molar-refractivity contribution in [1.82, 2.24) is 5.32 Å². The lowest BCUT2D eigenvalue weighted by molar-refractivity contribution is -0.149. The van der Waals surface area contributed by atoms with Crippen molar-refractivity contribution >= 4 is 12.1 Å². The van der Waals surface area contributed by atoms with Crippen LogP contribution in [0.5, 0.6) is 0 Å². The number of hydrogen-bond donors (Lipinski definition) is 2. The molecule has 1 amide bonds. The van der Waals surface area contributed by atoms with Gasteiger partial charge in [-0.15, -0.1) is 0 Å². The zero-order valence-electron chi connectivity index (χ0n) is 10.4. The Morgan fingerprint density at radius 3 is 2.53 bits per heavy atom. The molecule has 0 saturated carbocycles. The van der Waals surface area contributed by atoms with E-state index in [1.165, 1.54) is 0 Å². The Morgan fingerprint density at radius 1 is 1.41 bits per heavy atom. The molecule has 0 bridgehead atoms. The Labute approximate surface area is 100 Å². The minimum absolute atomic E-state index is 0.247. The van der Waals surface area contributed by atoms with Crippen LogP contribution in [0.15, 0.2) is 0 Å². The number of ether oxygens (including phenoxy) is 2. The van der Waals surface area contributed by atoms with Crippen LogP contribution in [0.3, 0.4) is 0 Å². The first-order valence-corrected chi connectivity index (χ1v) is 5.63. The molecule has 0 unspecified atom stereocenters. The van der Waals surface area contributed by atoms with Crippen molar-refractivity contribution in [3.8, 4) is 0 Å². The molecule has 2 atom stereocenters. The molecule has 1 saturated heterocycles. The monoisotopic (exact) mass is 245 g/mol. The van der Waals surface area contributed by atoms with E-state index in [0.29, 0.717) is 12.8 Å².